The van der Waals surface area contributed by atoms with E-state index in [0.29, 0.717) is 24.9 Å². The molecule has 0 bridgehead atoms. The zero-order chi connectivity index (χ0) is 17.8. The van der Waals surface area contributed by atoms with Crippen molar-refractivity contribution in [3.63, 3.8) is 0 Å². The Hall–Kier alpha value is -2.54. The van der Waals surface area contributed by atoms with Crippen LogP contribution in [0.5, 0.6) is 0 Å². The second-order valence-corrected chi connectivity index (χ2v) is 6.44. The Morgan fingerprint density at radius 3 is 2.62 bits per heavy atom. The van der Waals surface area contributed by atoms with E-state index in [1.165, 1.54) is 5.56 Å². The zero-order valence-corrected chi connectivity index (χ0v) is 14.5. The monoisotopic (exact) mass is 350 g/mol. The topological polar surface area (TPSA) is 77.4 Å². The van der Waals surface area contributed by atoms with Gasteiger partial charge in [0.05, 0.1) is 6.61 Å². The molecule has 1 aliphatic heterocycles. The van der Waals surface area contributed by atoms with Crippen molar-refractivity contribution in [2.24, 2.45) is 5.73 Å². The van der Waals surface area contributed by atoms with Crippen molar-refractivity contribution in [2.45, 2.75) is 19.2 Å². The standard InChI is InChI=1S/C20H22N4O2/c21-12-15-6-8-17(9-7-15)19-22-20(26-23-19)18-14-24(10-11-25-18)13-16-4-2-1-3-5-16/h1-9,18H,10-14,21H2. The molecule has 4 rings (SSSR count). The van der Waals surface area contributed by atoms with Gasteiger partial charge in [-0.25, -0.2) is 0 Å². The summed E-state index contributed by atoms with van der Waals surface area (Å²) < 4.78 is 11.3. The summed E-state index contributed by atoms with van der Waals surface area (Å²) in [6.45, 7) is 3.70. The van der Waals surface area contributed by atoms with Crippen LogP contribution in [0.2, 0.25) is 0 Å². The molecular formula is C20H22N4O2. The summed E-state index contributed by atoms with van der Waals surface area (Å²) in [6, 6.07) is 18.3. The molecule has 0 spiro atoms. The molecule has 3 aromatic rings. The number of aromatic nitrogens is 2. The quantitative estimate of drug-likeness (QED) is 0.762. The predicted molar refractivity (Wildman–Crippen MR) is 98.0 cm³/mol. The van der Waals surface area contributed by atoms with E-state index in [0.717, 1.165) is 30.8 Å². The van der Waals surface area contributed by atoms with Crippen LogP contribution >= 0.6 is 0 Å². The van der Waals surface area contributed by atoms with Crippen molar-refractivity contribution in [2.75, 3.05) is 19.7 Å². The van der Waals surface area contributed by atoms with Gasteiger partial charge in [-0.15, -0.1) is 0 Å². The number of ether oxygens (including phenoxy) is 1. The lowest BCUT2D eigenvalue weighted by molar-refractivity contribution is -0.0475. The molecule has 1 aromatic heterocycles. The SMILES string of the molecule is NCc1ccc(-c2noc(C3CN(Cc4ccccc4)CCO3)n2)cc1. The lowest BCUT2D eigenvalue weighted by atomic mass is 10.1. The van der Waals surface area contributed by atoms with Crippen molar-refractivity contribution in [1.82, 2.24) is 15.0 Å². The van der Waals surface area contributed by atoms with Crippen molar-refractivity contribution in [3.05, 3.63) is 71.6 Å². The van der Waals surface area contributed by atoms with Gasteiger partial charge in [-0.2, -0.15) is 4.98 Å². The molecule has 2 N–H and O–H groups in total. The number of nitrogens with zero attached hydrogens (tertiary/aromatic N) is 3. The van der Waals surface area contributed by atoms with E-state index in [2.05, 4.69) is 39.3 Å². The third kappa shape index (κ3) is 3.83. The molecule has 1 fully saturated rings. The molecular weight excluding hydrogens is 328 g/mol. The molecule has 0 amide bonds. The molecule has 1 atom stereocenters. The van der Waals surface area contributed by atoms with E-state index in [1.54, 1.807) is 0 Å². The van der Waals surface area contributed by atoms with Gasteiger partial charge in [0.25, 0.3) is 5.89 Å². The Balaban J connectivity index is 1.44. The van der Waals surface area contributed by atoms with Crippen LogP contribution < -0.4 is 5.73 Å². The summed E-state index contributed by atoms with van der Waals surface area (Å²) in [4.78, 5) is 6.89. The second kappa shape index (κ2) is 7.78. The molecule has 1 unspecified atom stereocenters. The van der Waals surface area contributed by atoms with Crippen LogP contribution in [0.3, 0.4) is 0 Å². The van der Waals surface area contributed by atoms with Gasteiger partial charge in [0.1, 0.15) is 6.10 Å². The molecule has 26 heavy (non-hydrogen) atoms. The lowest BCUT2D eigenvalue weighted by Crippen LogP contribution is -2.37. The first-order valence-corrected chi connectivity index (χ1v) is 8.82. The number of morpholine rings is 1. The predicted octanol–water partition coefficient (Wildman–Crippen LogP) is 2.77. The van der Waals surface area contributed by atoms with E-state index in [1.807, 2.05) is 30.3 Å². The second-order valence-electron chi connectivity index (χ2n) is 6.44. The zero-order valence-electron chi connectivity index (χ0n) is 14.5. The van der Waals surface area contributed by atoms with Gasteiger partial charge in [0.2, 0.25) is 5.82 Å². The number of hydrogen-bond acceptors (Lipinski definition) is 6. The summed E-state index contributed by atoms with van der Waals surface area (Å²) in [6.07, 6.45) is -0.197. The summed E-state index contributed by atoms with van der Waals surface area (Å²) >= 11 is 0. The molecule has 1 aliphatic rings. The van der Waals surface area contributed by atoms with Crippen molar-refractivity contribution in [3.8, 4) is 11.4 Å². The molecule has 2 aromatic carbocycles. The maximum Gasteiger partial charge on any atom is 0.257 e. The van der Waals surface area contributed by atoms with Gasteiger partial charge in [-0.3, -0.25) is 4.90 Å². The van der Waals surface area contributed by atoms with Crippen molar-refractivity contribution >= 4 is 0 Å². The average Bonchev–Trinajstić information content (AvgIpc) is 3.19. The number of rotatable bonds is 5. The smallest absolute Gasteiger partial charge is 0.257 e. The summed E-state index contributed by atoms with van der Waals surface area (Å²) in [5.41, 5.74) is 8.91. The molecule has 6 nitrogen and oxygen atoms in total. The first-order chi connectivity index (χ1) is 12.8. The lowest BCUT2D eigenvalue weighted by Gasteiger charge is -2.31. The molecule has 0 radical (unpaired) electrons. The van der Waals surface area contributed by atoms with E-state index in [9.17, 15) is 0 Å². The largest absolute Gasteiger partial charge is 0.366 e. The molecule has 2 heterocycles. The fourth-order valence-corrected chi connectivity index (χ4v) is 3.11. The maximum atomic E-state index is 5.86. The molecule has 0 aliphatic carbocycles. The Morgan fingerprint density at radius 1 is 1.04 bits per heavy atom. The fourth-order valence-electron chi connectivity index (χ4n) is 3.11. The third-order valence-corrected chi connectivity index (χ3v) is 4.56. The van der Waals surface area contributed by atoms with Crippen LogP contribution in [0.15, 0.2) is 59.1 Å². The highest BCUT2D eigenvalue weighted by molar-refractivity contribution is 5.54. The molecule has 6 heteroatoms. The van der Waals surface area contributed by atoms with Gasteiger partial charge in [-0.05, 0) is 11.1 Å². The molecule has 0 saturated carbocycles. The number of nitrogens with two attached hydrogens (primary N) is 1. The minimum atomic E-state index is -0.197. The van der Waals surface area contributed by atoms with Crippen LogP contribution in [0.4, 0.5) is 0 Å². The average molecular weight is 350 g/mol. The Morgan fingerprint density at radius 2 is 1.85 bits per heavy atom. The molecule has 134 valence electrons. The van der Waals surface area contributed by atoms with Gasteiger partial charge in [-0.1, -0.05) is 59.8 Å². The summed E-state index contributed by atoms with van der Waals surface area (Å²) in [5, 5.41) is 4.11. The first kappa shape index (κ1) is 16.9. The van der Waals surface area contributed by atoms with Crippen LogP contribution in [0.1, 0.15) is 23.1 Å². The van der Waals surface area contributed by atoms with Crippen molar-refractivity contribution < 1.29 is 9.26 Å². The first-order valence-electron chi connectivity index (χ1n) is 8.82. The summed E-state index contributed by atoms with van der Waals surface area (Å²) in [7, 11) is 0. The van der Waals surface area contributed by atoms with Gasteiger partial charge >= 0.3 is 0 Å². The van der Waals surface area contributed by atoms with Crippen LogP contribution in [0, 0.1) is 0 Å². The minimum absolute atomic E-state index is 0.197. The number of benzene rings is 2. The normalized spacial score (nSPS) is 18.1. The number of hydrogen-bond donors (Lipinski definition) is 1. The van der Waals surface area contributed by atoms with E-state index in [4.69, 9.17) is 15.0 Å². The van der Waals surface area contributed by atoms with Crippen LogP contribution in [-0.4, -0.2) is 34.7 Å². The van der Waals surface area contributed by atoms with Crippen LogP contribution in [-0.2, 0) is 17.8 Å². The highest BCUT2D eigenvalue weighted by Gasteiger charge is 2.27. The van der Waals surface area contributed by atoms with Gasteiger partial charge in [0, 0.05) is 31.7 Å². The van der Waals surface area contributed by atoms with Gasteiger partial charge in [0.15, 0.2) is 0 Å². The third-order valence-electron chi connectivity index (χ3n) is 4.56. The van der Waals surface area contributed by atoms with E-state index < -0.39 is 0 Å². The Kier molecular flexibility index (Phi) is 5.06. The Bertz CT molecular complexity index is 833. The summed E-state index contributed by atoms with van der Waals surface area (Å²) in [5.74, 6) is 1.10. The van der Waals surface area contributed by atoms with E-state index in [-0.39, 0.29) is 6.10 Å². The van der Waals surface area contributed by atoms with E-state index >= 15 is 0 Å². The van der Waals surface area contributed by atoms with Crippen LogP contribution in [0.25, 0.3) is 11.4 Å². The fraction of sp³-hybridized carbons (Fsp3) is 0.300. The molecule has 1 saturated heterocycles. The Labute approximate surface area is 152 Å². The highest BCUT2D eigenvalue weighted by atomic mass is 16.5. The minimum Gasteiger partial charge on any atom is -0.366 e. The highest BCUT2D eigenvalue weighted by Crippen LogP contribution is 2.25. The maximum absolute atomic E-state index is 5.86. The van der Waals surface area contributed by atoms with Gasteiger partial charge < -0.3 is 15.0 Å². The van der Waals surface area contributed by atoms with Crippen molar-refractivity contribution in [1.29, 1.82) is 0 Å².